The highest BCUT2D eigenvalue weighted by atomic mass is 35.5. The standard InChI is InChI=1S/C15H21ClN2/c16-15-9-14(4-3-12(15)7-8-17)18(13-5-6-13)10-11-1-2-11/h3-4,9,11,13H,1-2,5-8,10,17H2. The van der Waals surface area contributed by atoms with Gasteiger partial charge in [0.05, 0.1) is 0 Å². The highest BCUT2D eigenvalue weighted by Crippen LogP contribution is 2.38. The summed E-state index contributed by atoms with van der Waals surface area (Å²) in [6.45, 7) is 1.88. The maximum atomic E-state index is 6.35. The first-order valence-electron chi connectivity index (χ1n) is 7.03. The second-order valence-corrected chi connectivity index (χ2v) is 6.05. The molecule has 1 aromatic carbocycles. The SMILES string of the molecule is NCCc1ccc(N(CC2CC2)C2CC2)cc1Cl. The van der Waals surface area contributed by atoms with Crippen molar-refractivity contribution in [2.45, 2.75) is 38.1 Å². The monoisotopic (exact) mass is 264 g/mol. The Kier molecular flexibility index (Phi) is 3.49. The lowest BCUT2D eigenvalue weighted by molar-refractivity contribution is 0.719. The predicted octanol–water partition coefficient (Wildman–Crippen LogP) is 3.22. The van der Waals surface area contributed by atoms with Crippen LogP contribution in [0.25, 0.3) is 0 Å². The Labute approximate surface area is 114 Å². The molecule has 0 unspecified atom stereocenters. The third kappa shape index (κ3) is 2.81. The van der Waals surface area contributed by atoms with Crippen LogP contribution in [0, 0.1) is 5.92 Å². The van der Waals surface area contributed by atoms with Gasteiger partial charge in [0.2, 0.25) is 0 Å². The number of halogens is 1. The van der Waals surface area contributed by atoms with Crippen LogP contribution in [0.1, 0.15) is 31.2 Å². The summed E-state index contributed by atoms with van der Waals surface area (Å²) in [5.41, 5.74) is 8.06. The lowest BCUT2D eigenvalue weighted by Crippen LogP contribution is -2.28. The molecule has 0 heterocycles. The predicted molar refractivity (Wildman–Crippen MR) is 77.3 cm³/mol. The van der Waals surface area contributed by atoms with E-state index < -0.39 is 0 Å². The van der Waals surface area contributed by atoms with Crippen molar-refractivity contribution in [3.05, 3.63) is 28.8 Å². The van der Waals surface area contributed by atoms with E-state index in [0.29, 0.717) is 6.54 Å². The fourth-order valence-corrected chi connectivity index (χ4v) is 2.77. The van der Waals surface area contributed by atoms with E-state index in [4.69, 9.17) is 17.3 Å². The summed E-state index contributed by atoms with van der Waals surface area (Å²) in [6, 6.07) is 7.26. The smallest absolute Gasteiger partial charge is 0.0459 e. The lowest BCUT2D eigenvalue weighted by atomic mass is 10.1. The minimum absolute atomic E-state index is 0.660. The van der Waals surface area contributed by atoms with Gasteiger partial charge in [0.1, 0.15) is 0 Å². The lowest BCUT2D eigenvalue weighted by Gasteiger charge is -2.25. The number of hydrogen-bond donors (Lipinski definition) is 1. The topological polar surface area (TPSA) is 29.3 Å². The van der Waals surface area contributed by atoms with E-state index in [1.807, 2.05) is 0 Å². The van der Waals surface area contributed by atoms with E-state index in [-0.39, 0.29) is 0 Å². The molecule has 3 heteroatoms. The maximum absolute atomic E-state index is 6.35. The molecule has 3 rings (SSSR count). The van der Waals surface area contributed by atoms with Gasteiger partial charge in [0, 0.05) is 23.3 Å². The van der Waals surface area contributed by atoms with E-state index in [0.717, 1.165) is 23.4 Å². The Morgan fingerprint density at radius 1 is 1.22 bits per heavy atom. The largest absolute Gasteiger partial charge is 0.368 e. The minimum atomic E-state index is 0.660. The third-order valence-corrected chi connectivity index (χ3v) is 4.27. The van der Waals surface area contributed by atoms with Gasteiger partial charge >= 0.3 is 0 Å². The van der Waals surface area contributed by atoms with Crippen molar-refractivity contribution in [3.8, 4) is 0 Å². The van der Waals surface area contributed by atoms with Gasteiger partial charge in [-0.1, -0.05) is 17.7 Å². The number of hydrogen-bond acceptors (Lipinski definition) is 2. The number of anilines is 1. The Bertz CT molecular complexity index is 425. The molecule has 2 saturated carbocycles. The van der Waals surface area contributed by atoms with E-state index in [1.165, 1.54) is 43.5 Å². The molecule has 0 aliphatic heterocycles. The zero-order chi connectivity index (χ0) is 12.5. The molecule has 2 fully saturated rings. The van der Waals surface area contributed by atoms with Crippen molar-refractivity contribution in [2.75, 3.05) is 18.0 Å². The van der Waals surface area contributed by atoms with Crippen molar-refractivity contribution in [2.24, 2.45) is 11.7 Å². The van der Waals surface area contributed by atoms with E-state index in [2.05, 4.69) is 23.1 Å². The molecule has 0 atom stereocenters. The molecular weight excluding hydrogens is 244 g/mol. The first-order valence-corrected chi connectivity index (χ1v) is 7.41. The number of nitrogens with zero attached hydrogens (tertiary/aromatic N) is 1. The average Bonchev–Trinajstić information content (AvgIpc) is 3.23. The van der Waals surface area contributed by atoms with Crippen LogP contribution < -0.4 is 10.6 Å². The maximum Gasteiger partial charge on any atom is 0.0459 e. The Hall–Kier alpha value is -0.730. The molecule has 0 radical (unpaired) electrons. The summed E-state index contributed by atoms with van der Waals surface area (Å²) in [5.74, 6) is 0.924. The van der Waals surface area contributed by atoms with Crippen LogP contribution in [0.5, 0.6) is 0 Å². The molecule has 98 valence electrons. The highest BCUT2D eigenvalue weighted by molar-refractivity contribution is 6.31. The van der Waals surface area contributed by atoms with Crippen molar-refractivity contribution in [3.63, 3.8) is 0 Å². The fraction of sp³-hybridized carbons (Fsp3) is 0.600. The number of benzene rings is 1. The third-order valence-electron chi connectivity index (χ3n) is 3.92. The molecule has 0 saturated heterocycles. The van der Waals surface area contributed by atoms with Gasteiger partial charge in [0.15, 0.2) is 0 Å². The molecule has 1 aromatic rings. The number of nitrogens with two attached hydrogens (primary N) is 1. The molecule has 18 heavy (non-hydrogen) atoms. The molecule has 0 bridgehead atoms. The van der Waals surface area contributed by atoms with Crippen LogP contribution in [0.2, 0.25) is 5.02 Å². The first kappa shape index (κ1) is 12.3. The van der Waals surface area contributed by atoms with Crippen LogP contribution >= 0.6 is 11.6 Å². The van der Waals surface area contributed by atoms with E-state index >= 15 is 0 Å². The Morgan fingerprint density at radius 3 is 2.56 bits per heavy atom. The molecule has 0 spiro atoms. The minimum Gasteiger partial charge on any atom is -0.368 e. The average molecular weight is 265 g/mol. The quantitative estimate of drug-likeness (QED) is 0.855. The normalized spacial score (nSPS) is 19.0. The van der Waals surface area contributed by atoms with Crippen molar-refractivity contribution >= 4 is 17.3 Å². The Morgan fingerprint density at radius 2 is 2.00 bits per heavy atom. The Balaban J connectivity index is 1.77. The van der Waals surface area contributed by atoms with Gasteiger partial charge in [-0.2, -0.15) is 0 Å². The number of rotatable bonds is 6. The van der Waals surface area contributed by atoms with Gasteiger partial charge in [-0.3, -0.25) is 0 Å². The van der Waals surface area contributed by atoms with Crippen LogP contribution in [0.4, 0.5) is 5.69 Å². The zero-order valence-corrected chi connectivity index (χ0v) is 11.5. The molecule has 2 aliphatic rings. The summed E-state index contributed by atoms with van der Waals surface area (Å²) in [6.07, 6.45) is 6.36. The van der Waals surface area contributed by atoms with Gasteiger partial charge in [0.25, 0.3) is 0 Å². The summed E-state index contributed by atoms with van der Waals surface area (Å²) in [5, 5.41) is 0.874. The molecule has 2 nitrogen and oxygen atoms in total. The van der Waals surface area contributed by atoms with Gasteiger partial charge in [-0.25, -0.2) is 0 Å². The molecule has 2 aliphatic carbocycles. The molecule has 0 aromatic heterocycles. The van der Waals surface area contributed by atoms with Crippen LogP contribution in [-0.4, -0.2) is 19.1 Å². The van der Waals surface area contributed by atoms with Gasteiger partial charge in [-0.05, 0) is 62.3 Å². The van der Waals surface area contributed by atoms with Crippen molar-refractivity contribution < 1.29 is 0 Å². The van der Waals surface area contributed by atoms with Crippen molar-refractivity contribution in [1.82, 2.24) is 0 Å². The first-order chi connectivity index (χ1) is 8.78. The molecule has 2 N–H and O–H groups in total. The van der Waals surface area contributed by atoms with Gasteiger partial charge < -0.3 is 10.6 Å². The van der Waals surface area contributed by atoms with Crippen LogP contribution in [0.3, 0.4) is 0 Å². The summed E-state index contributed by atoms with van der Waals surface area (Å²) < 4.78 is 0. The van der Waals surface area contributed by atoms with Crippen LogP contribution in [-0.2, 0) is 6.42 Å². The van der Waals surface area contributed by atoms with E-state index in [1.54, 1.807) is 0 Å². The summed E-state index contributed by atoms with van der Waals surface area (Å²) in [4.78, 5) is 2.57. The van der Waals surface area contributed by atoms with Crippen LogP contribution in [0.15, 0.2) is 18.2 Å². The van der Waals surface area contributed by atoms with Gasteiger partial charge in [-0.15, -0.1) is 0 Å². The second-order valence-electron chi connectivity index (χ2n) is 5.64. The second kappa shape index (κ2) is 5.10. The highest BCUT2D eigenvalue weighted by Gasteiger charge is 2.33. The summed E-state index contributed by atoms with van der Waals surface area (Å²) in [7, 11) is 0. The fourth-order valence-electron chi connectivity index (χ4n) is 2.50. The summed E-state index contributed by atoms with van der Waals surface area (Å²) >= 11 is 6.35. The zero-order valence-electron chi connectivity index (χ0n) is 10.7. The molecular formula is C15H21ClN2. The van der Waals surface area contributed by atoms with E-state index in [9.17, 15) is 0 Å². The molecule has 0 amide bonds. The van der Waals surface area contributed by atoms with Crippen molar-refractivity contribution in [1.29, 1.82) is 0 Å².